The lowest BCUT2D eigenvalue weighted by atomic mass is 10.1. The number of nitrogens with one attached hydrogen (secondary N) is 1. The van der Waals surface area contributed by atoms with E-state index in [9.17, 15) is 4.79 Å². The van der Waals surface area contributed by atoms with Gasteiger partial charge in [-0.3, -0.25) is 9.69 Å². The number of nitrogens with zero attached hydrogens (tertiary/aromatic N) is 2. The molecule has 0 saturated carbocycles. The Bertz CT molecular complexity index is 939. The molecule has 124 valence electrons. The zero-order chi connectivity index (χ0) is 17.3. The highest BCUT2D eigenvalue weighted by molar-refractivity contribution is 6.42. The summed E-state index contributed by atoms with van der Waals surface area (Å²) < 4.78 is 0. The van der Waals surface area contributed by atoms with Gasteiger partial charge in [0.2, 0.25) is 0 Å². The number of halogens is 2. The van der Waals surface area contributed by atoms with Crippen molar-refractivity contribution in [2.45, 2.75) is 19.5 Å². The Balaban J connectivity index is 1.86. The number of para-hydroxylation sites is 1. The number of fused-ring (bicyclic) bond motifs is 1. The van der Waals surface area contributed by atoms with Crippen molar-refractivity contribution in [3.63, 3.8) is 0 Å². The summed E-state index contributed by atoms with van der Waals surface area (Å²) >= 11 is 12.0. The molecule has 1 N–H and O–H groups in total. The lowest BCUT2D eigenvalue weighted by molar-refractivity contribution is 0.244. The lowest BCUT2D eigenvalue weighted by Gasteiger charge is -2.24. The topological polar surface area (TPSA) is 49.0 Å². The van der Waals surface area contributed by atoms with Crippen LogP contribution in [0.1, 0.15) is 24.4 Å². The minimum absolute atomic E-state index is 0.0586. The second-order valence-corrected chi connectivity index (χ2v) is 6.62. The standard InChI is InChI=1S/C18H17Cl2N3O/c1-11(23(2)10-12-7-8-14(19)15(20)9-12)17-21-16-6-4-3-5-13(16)18(24)22-17/h3-9,11H,10H2,1-2H3,(H,21,22,24)/t11-/m1/s1. The van der Waals surface area contributed by atoms with Crippen molar-refractivity contribution < 1.29 is 0 Å². The van der Waals surface area contributed by atoms with Gasteiger partial charge >= 0.3 is 0 Å². The summed E-state index contributed by atoms with van der Waals surface area (Å²) in [4.78, 5) is 21.8. The van der Waals surface area contributed by atoms with Gasteiger partial charge in [-0.2, -0.15) is 0 Å². The van der Waals surface area contributed by atoms with Crippen molar-refractivity contribution in [1.82, 2.24) is 14.9 Å². The first kappa shape index (κ1) is 17.0. The van der Waals surface area contributed by atoms with Crippen LogP contribution in [0.2, 0.25) is 10.0 Å². The third-order valence-electron chi connectivity index (χ3n) is 4.10. The minimum atomic E-state index is -0.120. The van der Waals surface area contributed by atoms with E-state index in [1.54, 1.807) is 12.1 Å². The van der Waals surface area contributed by atoms with E-state index in [0.29, 0.717) is 33.3 Å². The maximum absolute atomic E-state index is 12.2. The Morgan fingerprint density at radius 2 is 1.92 bits per heavy atom. The number of rotatable bonds is 4. The SMILES string of the molecule is C[C@H](c1nc2ccccc2c(=O)[nH]1)N(C)Cc1ccc(Cl)c(Cl)c1. The van der Waals surface area contributed by atoms with Crippen LogP contribution in [0.3, 0.4) is 0 Å². The summed E-state index contributed by atoms with van der Waals surface area (Å²) in [5, 5.41) is 1.67. The second-order valence-electron chi connectivity index (χ2n) is 5.81. The van der Waals surface area contributed by atoms with Crippen molar-refractivity contribution >= 4 is 34.1 Å². The highest BCUT2D eigenvalue weighted by Gasteiger charge is 2.16. The third-order valence-corrected chi connectivity index (χ3v) is 4.84. The summed E-state index contributed by atoms with van der Waals surface area (Å²) in [5.41, 5.74) is 1.62. The van der Waals surface area contributed by atoms with E-state index in [1.807, 2.05) is 44.3 Å². The monoisotopic (exact) mass is 361 g/mol. The quantitative estimate of drug-likeness (QED) is 0.747. The van der Waals surface area contributed by atoms with Crippen LogP contribution in [0.5, 0.6) is 0 Å². The van der Waals surface area contributed by atoms with Crippen molar-refractivity contribution in [2.24, 2.45) is 0 Å². The fourth-order valence-corrected chi connectivity index (χ4v) is 2.89. The second kappa shape index (κ2) is 6.93. The number of aromatic amines is 1. The number of benzene rings is 2. The molecule has 0 aliphatic heterocycles. The summed E-state index contributed by atoms with van der Waals surface area (Å²) in [6, 6.07) is 12.8. The highest BCUT2D eigenvalue weighted by atomic mass is 35.5. The molecule has 0 bridgehead atoms. The van der Waals surface area contributed by atoms with Crippen molar-refractivity contribution in [2.75, 3.05) is 7.05 Å². The average Bonchev–Trinajstić information content (AvgIpc) is 2.57. The predicted octanol–water partition coefficient (Wildman–Crippen LogP) is 4.42. The molecule has 0 spiro atoms. The molecule has 0 radical (unpaired) electrons. The van der Waals surface area contributed by atoms with Crippen LogP contribution >= 0.6 is 23.2 Å². The maximum atomic E-state index is 12.2. The molecule has 3 rings (SSSR count). The molecule has 1 aromatic heterocycles. The summed E-state index contributed by atoms with van der Waals surface area (Å²) in [7, 11) is 1.97. The van der Waals surface area contributed by atoms with E-state index >= 15 is 0 Å². The van der Waals surface area contributed by atoms with Gasteiger partial charge in [0.25, 0.3) is 5.56 Å². The molecule has 0 fully saturated rings. The van der Waals surface area contributed by atoms with Gasteiger partial charge in [-0.1, -0.05) is 41.4 Å². The van der Waals surface area contributed by atoms with E-state index < -0.39 is 0 Å². The molecular weight excluding hydrogens is 345 g/mol. The summed E-state index contributed by atoms with van der Waals surface area (Å²) in [6.45, 7) is 2.67. The molecule has 0 saturated heterocycles. The molecule has 4 nitrogen and oxygen atoms in total. The largest absolute Gasteiger partial charge is 0.309 e. The minimum Gasteiger partial charge on any atom is -0.309 e. The smallest absolute Gasteiger partial charge is 0.258 e. The van der Waals surface area contributed by atoms with Gasteiger partial charge in [0, 0.05) is 6.54 Å². The number of hydrogen-bond donors (Lipinski definition) is 1. The lowest BCUT2D eigenvalue weighted by Crippen LogP contribution is -2.26. The van der Waals surface area contributed by atoms with Crippen LogP contribution in [0.25, 0.3) is 10.9 Å². The van der Waals surface area contributed by atoms with Gasteiger partial charge in [-0.25, -0.2) is 4.98 Å². The molecule has 2 aromatic carbocycles. The van der Waals surface area contributed by atoms with E-state index in [2.05, 4.69) is 14.9 Å². The molecule has 1 atom stereocenters. The first-order valence-electron chi connectivity index (χ1n) is 7.59. The Morgan fingerprint density at radius 1 is 1.17 bits per heavy atom. The van der Waals surface area contributed by atoms with Gasteiger partial charge in [0.1, 0.15) is 5.82 Å². The van der Waals surface area contributed by atoms with E-state index in [1.165, 1.54) is 0 Å². The maximum Gasteiger partial charge on any atom is 0.258 e. The normalized spacial score (nSPS) is 12.7. The Hall–Kier alpha value is -1.88. The van der Waals surface area contributed by atoms with Crippen LogP contribution in [0.4, 0.5) is 0 Å². The highest BCUT2D eigenvalue weighted by Crippen LogP contribution is 2.25. The molecule has 0 amide bonds. The van der Waals surface area contributed by atoms with Crippen LogP contribution < -0.4 is 5.56 Å². The van der Waals surface area contributed by atoms with Crippen molar-refractivity contribution in [3.05, 3.63) is 74.3 Å². The van der Waals surface area contributed by atoms with Crippen LogP contribution in [-0.4, -0.2) is 21.9 Å². The van der Waals surface area contributed by atoms with Gasteiger partial charge < -0.3 is 4.98 Å². The van der Waals surface area contributed by atoms with Crippen LogP contribution in [0, 0.1) is 0 Å². The third kappa shape index (κ3) is 3.46. The first-order chi connectivity index (χ1) is 11.5. The average molecular weight is 362 g/mol. The van der Waals surface area contributed by atoms with Gasteiger partial charge in [-0.05, 0) is 43.8 Å². The van der Waals surface area contributed by atoms with Crippen LogP contribution in [-0.2, 0) is 6.54 Å². The molecule has 24 heavy (non-hydrogen) atoms. The number of aromatic nitrogens is 2. The molecule has 0 unspecified atom stereocenters. The van der Waals surface area contributed by atoms with Crippen molar-refractivity contribution in [1.29, 1.82) is 0 Å². The van der Waals surface area contributed by atoms with Gasteiger partial charge in [0.05, 0.1) is 27.0 Å². The van der Waals surface area contributed by atoms with Gasteiger partial charge in [0.15, 0.2) is 0 Å². The fraction of sp³-hybridized carbons (Fsp3) is 0.222. The summed E-state index contributed by atoms with van der Waals surface area (Å²) in [6.07, 6.45) is 0. The zero-order valence-corrected chi connectivity index (χ0v) is 14.9. The fourth-order valence-electron chi connectivity index (χ4n) is 2.57. The van der Waals surface area contributed by atoms with E-state index in [0.717, 1.165) is 5.56 Å². The molecular formula is C18H17Cl2N3O. The Kier molecular flexibility index (Phi) is 4.90. The number of hydrogen-bond acceptors (Lipinski definition) is 3. The first-order valence-corrected chi connectivity index (χ1v) is 8.34. The molecule has 6 heteroatoms. The summed E-state index contributed by atoms with van der Waals surface area (Å²) in [5.74, 6) is 0.640. The molecule has 3 aromatic rings. The zero-order valence-electron chi connectivity index (χ0n) is 13.4. The van der Waals surface area contributed by atoms with Gasteiger partial charge in [-0.15, -0.1) is 0 Å². The number of H-pyrrole nitrogens is 1. The van der Waals surface area contributed by atoms with Crippen molar-refractivity contribution in [3.8, 4) is 0 Å². The van der Waals surface area contributed by atoms with E-state index in [4.69, 9.17) is 23.2 Å². The molecule has 0 aliphatic rings. The van der Waals surface area contributed by atoms with E-state index in [-0.39, 0.29) is 11.6 Å². The molecule has 0 aliphatic carbocycles. The van der Waals surface area contributed by atoms with Crippen LogP contribution in [0.15, 0.2) is 47.3 Å². The Labute approximate surface area is 150 Å². The Morgan fingerprint density at radius 3 is 2.67 bits per heavy atom. The predicted molar refractivity (Wildman–Crippen MR) is 98.7 cm³/mol. The molecule has 1 heterocycles.